The summed E-state index contributed by atoms with van der Waals surface area (Å²) in [5, 5.41) is 3.87. The average molecular weight is 296 g/mol. The Morgan fingerprint density at radius 1 is 0.905 bits per heavy atom. The largest absolute Gasteiger partial charge is 0.314 e. The molecule has 0 aliphatic heterocycles. The van der Waals surface area contributed by atoms with Gasteiger partial charge in [-0.2, -0.15) is 0 Å². The first-order chi connectivity index (χ1) is 9.99. The molecule has 1 atom stereocenters. The van der Waals surface area contributed by atoms with Gasteiger partial charge in [0.2, 0.25) is 0 Å². The first-order valence-electron chi connectivity index (χ1n) is 9.72. The van der Waals surface area contributed by atoms with Crippen molar-refractivity contribution in [3.05, 3.63) is 0 Å². The molecule has 1 nitrogen and oxygen atoms in total. The summed E-state index contributed by atoms with van der Waals surface area (Å²) in [6, 6.07) is 0.794. The number of hydrogen-bond donors (Lipinski definition) is 1. The van der Waals surface area contributed by atoms with E-state index in [-0.39, 0.29) is 0 Å². The summed E-state index contributed by atoms with van der Waals surface area (Å²) < 4.78 is 0. The molecular formula is C20H41N. The molecule has 0 aromatic rings. The maximum Gasteiger partial charge on any atom is 0.00953 e. The molecule has 0 heterocycles. The lowest BCUT2D eigenvalue weighted by molar-refractivity contribution is 0.129. The van der Waals surface area contributed by atoms with Crippen LogP contribution in [0.15, 0.2) is 0 Å². The average Bonchev–Trinajstić information content (AvgIpc) is 2.46. The normalized spacial score (nSPS) is 25.0. The number of hydrogen-bond acceptors (Lipinski definition) is 1. The Kier molecular flexibility index (Phi) is 8.94. The van der Waals surface area contributed by atoms with E-state index in [4.69, 9.17) is 0 Å². The molecule has 1 aliphatic rings. The predicted molar refractivity (Wildman–Crippen MR) is 95.7 cm³/mol. The molecule has 1 N–H and O–H groups in total. The zero-order valence-corrected chi connectivity index (χ0v) is 15.5. The molecule has 21 heavy (non-hydrogen) atoms. The van der Waals surface area contributed by atoms with Crippen molar-refractivity contribution in [2.24, 2.45) is 17.3 Å². The lowest BCUT2D eigenvalue weighted by atomic mass is 9.68. The van der Waals surface area contributed by atoms with Crippen LogP contribution in [0.4, 0.5) is 0 Å². The van der Waals surface area contributed by atoms with Crippen LogP contribution in [0.1, 0.15) is 98.8 Å². The Balaban J connectivity index is 2.40. The van der Waals surface area contributed by atoms with E-state index in [2.05, 4.69) is 39.9 Å². The number of rotatable bonds is 9. The van der Waals surface area contributed by atoms with Crippen LogP contribution in [-0.4, -0.2) is 12.6 Å². The molecule has 1 fully saturated rings. The summed E-state index contributed by atoms with van der Waals surface area (Å²) in [5.41, 5.74) is 0.512. The maximum absolute atomic E-state index is 3.87. The summed E-state index contributed by atoms with van der Waals surface area (Å²) in [4.78, 5) is 0. The molecule has 0 amide bonds. The van der Waals surface area contributed by atoms with Crippen molar-refractivity contribution in [3.8, 4) is 0 Å². The van der Waals surface area contributed by atoms with Gasteiger partial charge in [-0.3, -0.25) is 0 Å². The highest BCUT2D eigenvalue weighted by atomic mass is 14.9. The topological polar surface area (TPSA) is 12.0 Å². The van der Waals surface area contributed by atoms with Crippen LogP contribution in [0.2, 0.25) is 0 Å². The van der Waals surface area contributed by atoms with E-state index >= 15 is 0 Å². The van der Waals surface area contributed by atoms with E-state index in [1.165, 1.54) is 70.8 Å². The van der Waals surface area contributed by atoms with Gasteiger partial charge >= 0.3 is 0 Å². The van der Waals surface area contributed by atoms with Gasteiger partial charge in [-0.25, -0.2) is 0 Å². The zero-order valence-electron chi connectivity index (χ0n) is 15.5. The Morgan fingerprint density at radius 2 is 1.57 bits per heavy atom. The molecule has 0 aromatic heterocycles. The van der Waals surface area contributed by atoms with Gasteiger partial charge in [-0.05, 0) is 62.3 Å². The summed E-state index contributed by atoms with van der Waals surface area (Å²) in [5.74, 6) is 1.89. The van der Waals surface area contributed by atoms with Crippen LogP contribution in [0.3, 0.4) is 0 Å². The van der Waals surface area contributed by atoms with Crippen molar-refractivity contribution in [1.29, 1.82) is 0 Å². The van der Waals surface area contributed by atoms with Crippen LogP contribution < -0.4 is 5.32 Å². The Hall–Kier alpha value is -0.0400. The van der Waals surface area contributed by atoms with Gasteiger partial charge < -0.3 is 5.32 Å². The van der Waals surface area contributed by atoms with Crippen molar-refractivity contribution in [3.63, 3.8) is 0 Å². The fraction of sp³-hybridized carbons (Fsp3) is 1.00. The predicted octanol–water partition coefficient (Wildman–Crippen LogP) is 6.18. The van der Waals surface area contributed by atoms with Gasteiger partial charge in [-0.15, -0.1) is 0 Å². The molecular weight excluding hydrogens is 254 g/mol. The van der Waals surface area contributed by atoms with E-state index in [1.807, 2.05) is 0 Å². The molecule has 126 valence electrons. The van der Waals surface area contributed by atoms with Crippen molar-refractivity contribution in [2.45, 2.75) is 105 Å². The Bertz CT molecular complexity index is 245. The molecule has 0 saturated heterocycles. The van der Waals surface area contributed by atoms with Crippen LogP contribution in [0.25, 0.3) is 0 Å². The van der Waals surface area contributed by atoms with Gasteiger partial charge in [0, 0.05) is 6.04 Å². The van der Waals surface area contributed by atoms with Gasteiger partial charge in [-0.1, -0.05) is 60.3 Å². The third-order valence-electron chi connectivity index (χ3n) is 5.59. The lowest BCUT2D eigenvalue weighted by Gasteiger charge is -2.40. The van der Waals surface area contributed by atoms with E-state index in [0.717, 1.165) is 17.9 Å². The Labute approximate surface area is 134 Å². The highest BCUT2D eigenvalue weighted by molar-refractivity contribution is 4.85. The van der Waals surface area contributed by atoms with E-state index < -0.39 is 0 Å². The monoisotopic (exact) mass is 295 g/mol. The lowest BCUT2D eigenvalue weighted by Crippen LogP contribution is -2.39. The molecule has 0 bridgehead atoms. The second kappa shape index (κ2) is 9.87. The summed E-state index contributed by atoms with van der Waals surface area (Å²) >= 11 is 0. The molecule has 1 saturated carbocycles. The fourth-order valence-electron chi connectivity index (χ4n) is 4.01. The van der Waals surface area contributed by atoms with Crippen molar-refractivity contribution in [2.75, 3.05) is 6.54 Å². The first kappa shape index (κ1) is 19.0. The van der Waals surface area contributed by atoms with E-state index in [9.17, 15) is 0 Å². The fourth-order valence-corrected chi connectivity index (χ4v) is 4.01. The van der Waals surface area contributed by atoms with Gasteiger partial charge in [0.1, 0.15) is 0 Å². The van der Waals surface area contributed by atoms with Crippen LogP contribution in [-0.2, 0) is 0 Å². The maximum atomic E-state index is 3.87. The molecule has 0 radical (unpaired) electrons. The number of unbranched alkanes of at least 4 members (excludes halogenated alkanes) is 3. The summed E-state index contributed by atoms with van der Waals surface area (Å²) in [7, 11) is 0. The molecule has 0 aromatic carbocycles. The highest BCUT2D eigenvalue weighted by Gasteiger charge is 2.32. The minimum Gasteiger partial charge on any atom is -0.314 e. The van der Waals surface area contributed by atoms with Gasteiger partial charge in [0.05, 0.1) is 0 Å². The minimum atomic E-state index is 0.512. The molecule has 1 unspecified atom stereocenters. The molecule has 1 heteroatoms. The summed E-state index contributed by atoms with van der Waals surface area (Å²) in [6.07, 6.45) is 14.1. The first-order valence-corrected chi connectivity index (χ1v) is 9.72. The summed E-state index contributed by atoms with van der Waals surface area (Å²) in [6.45, 7) is 13.1. The quantitative estimate of drug-likeness (QED) is 0.501. The van der Waals surface area contributed by atoms with Crippen molar-refractivity contribution < 1.29 is 0 Å². The van der Waals surface area contributed by atoms with Gasteiger partial charge in [0.15, 0.2) is 0 Å². The molecule has 0 spiro atoms. The Morgan fingerprint density at radius 3 is 2.10 bits per heavy atom. The third-order valence-corrected chi connectivity index (χ3v) is 5.59. The van der Waals surface area contributed by atoms with Crippen LogP contribution >= 0.6 is 0 Å². The van der Waals surface area contributed by atoms with Crippen molar-refractivity contribution >= 4 is 0 Å². The van der Waals surface area contributed by atoms with Crippen LogP contribution in [0.5, 0.6) is 0 Å². The second-order valence-electron chi connectivity index (χ2n) is 8.39. The molecule has 1 aliphatic carbocycles. The number of nitrogens with one attached hydrogen (secondary N) is 1. The SMILES string of the molecule is CCCCCCC(NCCC)C1CCC(C(C)(C)C)CC1. The standard InChI is InChI=1S/C20H41N/c1-6-8-9-10-11-19(21-16-7-2)17-12-14-18(15-13-17)20(3,4)5/h17-19,21H,6-16H2,1-5H3. The van der Waals surface area contributed by atoms with E-state index in [0.29, 0.717) is 5.41 Å². The van der Waals surface area contributed by atoms with Gasteiger partial charge in [0.25, 0.3) is 0 Å². The zero-order chi connectivity index (χ0) is 15.7. The molecule has 1 rings (SSSR count). The van der Waals surface area contributed by atoms with Crippen LogP contribution in [0, 0.1) is 17.3 Å². The van der Waals surface area contributed by atoms with Crippen molar-refractivity contribution in [1.82, 2.24) is 5.32 Å². The third kappa shape index (κ3) is 7.17. The van der Waals surface area contributed by atoms with E-state index in [1.54, 1.807) is 0 Å². The minimum absolute atomic E-state index is 0.512. The highest BCUT2D eigenvalue weighted by Crippen LogP contribution is 2.41. The second-order valence-corrected chi connectivity index (χ2v) is 8.39. The smallest absolute Gasteiger partial charge is 0.00953 e.